The first-order valence-corrected chi connectivity index (χ1v) is 5.60. The Labute approximate surface area is 103 Å². The highest BCUT2D eigenvalue weighted by Crippen LogP contribution is 2.15. The van der Waals surface area contributed by atoms with Crippen LogP contribution in [0.15, 0.2) is 28.7 Å². The van der Waals surface area contributed by atoms with E-state index < -0.39 is 6.10 Å². The smallest absolute Gasteiger partial charge is 0.284 e. The minimum atomic E-state index is -0.831. The third-order valence-electron chi connectivity index (χ3n) is 2.37. The quantitative estimate of drug-likeness (QED) is 0.726. The molecule has 1 aromatic heterocycles. The van der Waals surface area contributed by atoms with Gasteiger partial charge in [0.1, 0.15) is 6.10 Å². The van der Waals surface area contributed by atoms with E-state index >= 15 is 0 Å². The van der Waals surface area contributed by atoms with E-state index in [4.69, 9.17) is 16.6 Å². The molecule has 5 nitrogen and oxygen atoms in total. The predicted molar refractivity (Wildman–Crippen MR) is 66.3 cm³/mol. The molecule has 0 fully saturated rings. The van der Waals surface area contributed by atoms with Crippen molar-refractivity contribution in [1.82, 2.24) is 10.2 Å². The molecule has 2 rings (SSSR count). The van der Waals surface area contributed by atoms with E-state index in [0.29, 0.717) is 6.54 Å². The van der Waals surface area contributed by atoms with Gasteiger partial charge < -0.3 is 14.8 Å². The van der Waals surface area contributed by atoms with E-state index in [0.717, 1.165) is 11.3 Å². The number of hydrogen-bond donors (Lipinski definition) is 3. The summed E-state index contributed by atoms with van der Waals surface area (Å²) in [5.74, 6) is 0.191. The van der Waals surface area contributed by atoms with Crippen LogP contribution in [0.25, 0.3) is 0 Å². The number of benzene rings is 1. The number of aromatic nitrogens is 2. The Bertz CT molecular complexity index is 549. The number of rotatable bonds is 4. The predicted octanol–water partition coefficient (Wildman–Crippen LogP) is 2.19. The van der Waals surface area contributed by atoms with Gasteiger partial charge in [0, 0.05) is 12.2 Å². The van der Waals surface area contributed by atoms with Crippen molar-refractivity contribution in [3.8, 4) is 0 Å². The van der Waals surface area contributed by atoms with Crippen molar-refractivity contribution >= 4 is 17.9 Å². The van der Waals surface area contributed by atoms with Gasteiger partial charge in [-0.1, -0.05) is 18.2 Å². The SMILES string of the molecule is Cc1ccccc1NCC(O)c1n[nH]c(=S)o1. The van der Waals surface area contributed by atoms with E-state index in [-0.39, 0.29) is 10.7 Å². The molecule has 90 valence electrons. The number of aliphatic hydroxyl groups excluding tert-OH is 1. The fraction of sp³-hybridized carbons (Fsp3) is 0.273. The van der Waals surface area contributed by atoms with Gasteiger partial charge in [0.05, 0.1) is 0 Å². The lowest BCUT2D eigenvalue weighted by atomic mass is 10.2. The van der Waals surface area contributed by atoms with Crippen LogP contribution in [0.4, 0.5) is 5.69 Å². The molecular formula is C11H13N3O2S. The van der Waals surface area contributed by atoms with E-state index in [1.165, 1.54) is 0 Å². The van der Waals surface area contributed by atoms with Crippen molar-refractivity contribution in [3.05, 3.63) is 40.6 Å². The fourth-order valence-electron chi connectivity index (χ4n) is 1.45. The van der Waals surface area contributed by atoms with E-state index in [1.807, 2.05) is 31.2 Å². The molecule has 6 heteroatoms. The maximum absolute atomic E-state index is 9.80. The van der Waals surface area contributed by atoms with Gasteiger partial charge in [-0.2, -0.15) is 0 Å². The Balaban J connectivity index is 1.99. The van der Waals surface area contributed by atoms with Gasteiger partial charge >= 0.3 is 0 Å². The number of aliphatic hydroxyl groups is 1. The van der Waals surface area contributed by atoms with Crippen molar-refractivity contribution < 1.29 is 9.52 Å². The Morgan fingerprint density at radius 1 is 1.53 bits per heavy atom. The molecule has 0 saturated heterocycles. The zero-order valence-electron chi connectivity index (χ0n) is 9.30. The van der Waals surface area contributed by atoms with Crippen molar-refractivity contribution in [2.24, 2.45) is 0 Å². The summed E-state index contributed by atoms with van der Waals surface area (Å²) in [7, 11) is 0. The number of para-hydroxylation sites is 1. The van der Waals surface area contributed by atoms with Crippen LogP contribution in [0.1, 0.15) is 17.6 Å². The molecule has 1 atom stereocenters. The van der Waals surface area contributed by atoms with Gasteiger partial charge in [-0.15, -0.1) is 5.10 Å². The van der Waals surface area contributed by atoms with Gasteiger partial charge in [-0.05, 0) is 30.8 Å². The highest BCUT2D eigenvalue weighted by Gasteiger charge is 2.13. The van der Waals surface area contributed by atoms with Crippen molar-refractivity contribution in [3.63, 3.8) is 0 Å². The average molecular weight is 251 g/mol. The van der Waals surface area contributed by atoms with Crippen molar-refractivity contribution in [2.75, 3.05) is 11.9 Å². The molecule has 1 unspecified atom stereocenters. The van der Waals surface area contributed by atoms with Gasteiger partial charge in [0.25, 0.3) is 4.84 Å². The molecule has 3 N–H and O–H groups in total. The minimum absolute atomic E-state index is 0.162. The summed E-state index contributed by atoms with van der Waals surface area (Å²) in [4.78, 5) is 0.162. The van der Waals surface area contributed by atoms with Crippen LogP contribution < -0.4 is 5.32 Å². The van der Waals surface area contributed by atoms with Gasteiger partial charge in [-0.3, -0.25) is 0 Å². The van der Waals surface area contributed by atoms with Crippen LogP contribution in [-0.2, 0) is 0 Å². The maximum atomic E-state index is 9.80. The summed E-state index contributed by atoms with van der Waals surface area (Å²) >= 11 is 4.73. The molecule has 0 saturated carbocycles. The molecular weight excluding hydrogens is 238 g/mol. The first kappa shape index (κ1) is 11.8. The lowest BCUT2D eigenvalue weighted by Crippen LogP contribution is -2.13. The summed E-state index contributed by atoms with van der Waals surface area (Å²) in [6.45, 7) is 2.31. The van der Waals surface area contributed by atoms with Crippen LogP contribution >= 0.6 is 12.2 Å². The number of H-pyrrole nitrogens is 1. The second kappa shape index (κ2) is 5.11. The normalized spacial score (nSPS) is 12.4. The topological polar surface area (TPSA) is 74.1 Å². The average Bonchev–Trinajstić information content (AvgIpc) is 2.74. The largest absolute Gasteiger partial charge is 0.411 e. The molecule has 0 aliphatic heterocycles. The minimum Gasteiger partial charge on any atom is -0.411 e. The molecule has 0 radical (unpaired) electrons. The monoisotopic (exact) mass is 251 g/mol. The molecule has 0 spiro atoms. The third-order valence-corrected chi connectivity index (χ3v) is 2.55. The zero-order valence-corrected chi connectivity index (χ0v) is 10.1. The lowest BCUT2D eigenvalue weighted by molar-refractivity contribution is 0.155. The summed E-state index contributed by atoms with van der Waals surface area (Å²) in [6, 6.07) is 7.84. The first-order chi connectivity index (χ1) is 8.16. The van der Waals surface area contributed by atoms with Gasteiger partial charge in [0.2, 0.25) is 5.89 Å². The summed E-state index contributed by atoms with van der Waals surface area (Å²) < 4.78 is 5.02. The van der Waals surface area contributed by atoms with Crippen LogP contribution in [0.2, 0.25) is 0 Å². The van der Waals surface area contributed by atoms with Crippen LogP contribution in [0.5, 0.6) is 0 Å². The number of hydrogen-bond acceptors (Lipinski definition) is 5. The summed E-state index contributed by atoms with van der Waals surface area (Å²) in [5.41, 5.74) is 2.09. The Kier molecular flexibility index (Phi) is 3.55. The van der Waals surface area contributed by atoms with Crippen molar-refractivity contribution in [1.29, 1.82) is 0 Å². The summed E-state index contributed by atoms with van der Waals surface area (Å²) in [5, 5.41) is 19.2. The second-order valence-electron chi connectivity index (χ2n) is 3.66. The lowest BCUT2D eigenvalue weighted by Gasteiger charge is -2.11. The zero-order chi connectivity index (χ0) is 12.3. The van der Waals surface area contributed by atoms with Crippen LogP contribution in [-0.4, -0.2) is 21.8 Å². The van der Waals surface area contributed by atoms with Crippen LogP contribution in [0, 0.1) is 11.8 Å². The number of nitrogens with zero attached hydrogens (tertiary/aromatic N) is 1. The Morgan fingerprint density at radius 3 is 2.94 bits per heavy atom. The standard InChI is InChI=1S/C11H13N3O2S/c1-7-4-2-3-5-8(7)12-6-9(15)10-13-14-11(17)16-10/h2-5,9,12,15H,6H2,1H3,(H,14,17). The number of nitrogens with one attached hydrogen (secondary N) is 2. The van der Waals surface area contributed by atoms with Crippen LogP contribution in [0.3, 0.4) is 0 Å². The molecule has 1 heterocycles. The van der Waals surface area contributed by atoms with E-state index in [9.17, 15) is 5.11 Å². The second-order valence-corrected chi connectivity index (χ2v) is 4.03. The third kappa shape index (κ3) is 2.92. The molecule has 0 bridgehead atoms. The fourth-order valence-corrected chi connectivity index (χ4v) is 1.58. The Hall–Kier alpha value is -1.66. The summed E-state index contributed by atoms with van der Waals surface area (Å²) in [6.07, 6.45) is -0.831. The molecule has 2 aromatic rings. The van der Waals surface area contributed by atoms with Crippen molar-refractivity contribution in [2.45, 2.75) is 13.0 Å². The molecule has 0 aliphatic carbocycles. The van der Waals surface area contributed by atoms with Gasteiger partial charge in [0.15, 0.2) is 0 Å². The van der Waals surface area contributed by atoms with Gasteiger partial charge in [-0.25, -0.2) is 5.10 Å². The number of aryl methyl sites for hydroxylation is 1. The number of anilines is 1. The Morgan fingerprint density at radius 2 is 2.29 bits per heavy atom. The first-order valence-electron chi connectivity index (χ1n) is 5.20. The van der Waals surface area contributed by atoms with E-state index in [1.54, 1.807) is 0 Å². The highest BCUT2D eigenvalue weighted by molar-refractivity contribution is 7.71. The molecule has 0 aliphatic rings. The van der Waals surface area contributed by atoms with E-state index in [2.05, 4.69) is 15.5 Å². The maximum Gasteiger partial charge on any atom is 0.284 e. The number of aromatic amines is 1. The highest BCUT2D eigenvalue weighted by atomic mass is 32.1. The molecule has 1 aromatic carbocycles. The molecule has 17 heavy (non-hydrogen) atoms. The molecule has 0 amide bonds.